The summed E-state index contributed by atoms with van der Waals surface area (Å²) in [5.74, 6) is -0.271. The lowest BCUT2D eigenvalue weighted by molar-refractivity contribution is -0.123. The third kappa shape index (κ3) is 8.04. The van der Waals surface area contributed by atoms with Crippen LogP contribution >= 0.6 is 0 Å². The lowest BCUT2D eigenvalue weighted by Crippen LogP contribution is -2.44. The van der Waals surface area contributed by atoms with Gasteiger partial charge in [0.1, 0.15) is 0 Å². The molecule has 0 aliphatic rings. The molecule has 102 valence electrons. The zero-order valence-electron chi connectivity index (χ0n) is 10.5. The average Bonchev–Trinajstić information content (AvgIpc) is 2.25. The van der Waals surface area contributed by atoms with Gasteiger partial charge in [-0.15, -0.1) is 0 Å². The van der Waals surface area contributed by atoms with Crippen LogP contribution in [-0.2, 0) is 4.79 Å². The molecule has 0 saturated heterocycles. The summed E-state index contributed by atoms with van der Waals surface area (Å²) in [6.45, 7) is 3.18. The number of hydrogen-bond acceptors (Lipinski definition) is 3. The van der Waals surface area contributed by atoms with Crippen LogP contribution in [0.2, 0.25) is 0 Å². The van der Waals surface area contributed by atoms with Crippen LogP contribution in [0, 0.1) is 0 Å². The Morgan fingerprint density at radius 1 is 1.35 bits per heavy atom. The van der Waals surface area contributed by atoms with Gasteiger partial charge in [-0.05, 0) is 12.8 Å². The van der Waals surface area contributed by atoms with Crippen LogP contribution in [0.25, 0.3) is 0 Å². The number of halogens is 2. The largest absolute Gasteiger partial charge is 0.395 e. The SMILES string of the molecule is CCC(CC)NC(=O)CN(CCO)CC(F)F. The number of carbonyl (C=O) groups is 1. The van der Waals surface area contributed by atoms with E-state index in [0.717, 1.165) is 12.8 Å². The van der Waals surface area contributed by atoms with Crippen molar-refractivity contribution in [3.8, 4) is 0 Å². The summed E-state index contributed by atoms with van der Waals surface area (Å²) < 4.78 is 24.4. The summed E-state index contributed by atoms with van der Waals surface area (Å²) in [6.07, 6.45) is -0.865. The Morgan fingerprint density at radius 2 is 1.94 bits per heavy atom. The number of carbonyl (C=O) groups excluding carboxylic acids is 1. The molecular formula is C11H22F2N2O2. The minimum atomic E-state index is -2.50. The Bertz CT molecular complexity index is 212. The van der Waals surface area contributed by atoms with Gasteiger partial charge < -0.3 is 10.4 Å². The molecule has 0 aromatic carbocycles. The van der Waals surface area contributed by atoms with Crippen molar-refractivity contribution in [1.82, 2.24) is 10.2 Å². The molecular weight excluding hydrogens is 230 g/mol. The maximum absolute atomic E-state index is 12.2. The number of alkyl halides is 2. The summed E-state index contributed by atoms with van der Waals surface area (Å²) in [4.78, 5) is 12.8. The van der Waals surface area contributed by atoms with Gasteiger partial charge in [-0.3, -0.25) is 9.69 Å². The Balaban J connectivity index is 4.10. The molecule has 4 nitrogen and oxygen atoms in total. The van der Waals surface area contributed by atoms with Crippen LogP contribution in [0.3, 0.4) is 0 Å². The summed E-state index contributed by atoms with van der Waals surface area (Å²) in [5.41, 5.74) is 0. The summed E-state index contributed by atoms with van der Waals surface area (Å²) in [6, 6.07) is 0.0880. The fourth-order valence-corrected chi connectivity index (χ4v) is 1.54. The van der Waals surface area contributed by atoms with Gasteiger partial charge in [-0.2, -0.15) is 0 Å². The van der Waals surface area contributed by atoms with Crippen LogP contribution in [0.4, 0.5) is 8.78 Å². The molecule has 0 aliphatic carbocycles. The minimum Gasteiger partial charge on any atom is -0.395 e. The molecule has 0 heterocycles. The Morgan fingerprint density at radius 3 is 2.35 bits per heavy atom. The zero-order valence-corrected chi connectivity index (χ0v) is 10.5. The van der Waals surface area contributed by atoms with Gasteiger partial charge in [-0.25, -0.2) is 8.78 Å². The number of aliphatic hydroxyl groups excluding tert-OH is 1. The first kappa shape index (κ1) is 16.2. The Labute approximate surface area is 101 Å². The summed E-state index contributed by atoms with van der Waals surface area (Å²) in [7, 11) is 0. The van der Waals surface area contributed by atoms with E-state index in [9.17, 15) is 13.6 Å². The predicted molar refractivity (Wildman–Crippen MR) is 62.0 cm³/mol. The van der Waals surface area contributed by atoms with Gasteiger partial charge in [-0.1, -0.05) is 13.8 Å². The van der Waals surface area contributed by atoms with Crippen molar-refractivity contribution in [1.29, 1.82) is 0 Å². The second-order valence-corrected chi connectivity index (χ2v) is 3.93. The van der Waals surface area contributed by atoms with Crippen molar-refractivity contribution in [3.05, 3.63) is 0 Å². The molecule has 17 heavy (non-hydrogen) atoms. The number of amides is 1. The molecule has 0 fully saturated rings. The third-order valence-electron chi connectivity index (χ3n) is 2.53. The maximum atomic E-state index is 12.2. The van der Waals surface area contributed by atoms with Crippen LogP contribution in [-0.4, -0.2) is 54.6 Å². The van der Waals surface area contributed by atoms with E-state index in [1.54, 1.807) is 0 Å². The number of nitrogens with zero attached hydrogens (tertiary/aromatic N) is 1. The smallest absolute Gasteiger partial charge is 0.251 e. The van der Waals surface area contributed by atoms with E-state index in [1.165, 1.54) is 4.90 Å². The van der Waals surface area contributed by atoms with Gasteiger partial charge in [0.25, 0.3) is 6.43 Å². The van der Waals surface area contributed by atoms with Crippen molar-refractivity contribution < 1.29 is 18.7 Å². The van der Waals surface area contributed by atoms with Crippen molar-refractivity contribution in [3.63, 3.8) is 0 Å². The highest BCUT2D eigenvalue weighted by atomic mass is 19.3. The lowest BCUT2D eigenvalue weighted by atomic mass is 10.2. The molecule has 1 amide bonds. The van der Waals surface area contributed by atoms with E-state index in [1.807, 2.05) is 13.8 Å². The van der Waals surface area contributed by atoms with Gasteiger partial charge in [0.2, 0.25) is 5.91 Å². The number of aliphatic hydroxyl groups is 1. The maximum Gasteiger partial charge on any atom is 0.251 e. The Kier molecular flexibility index (Phi) is 8.89. The van der Waals surface area contributed by atoms with Crippen molar-refractivity contribution in [2.24, 2.45) is 0 Å². The second-order valence-electron chi connectivity index (χ2n) is 3.93. The number of nitrogens with one attached hydrogen (secondary N) is 1. The topological polar surface area (TPSA) is 52.6 Å². The molecule has 0 bridgehead atoms. The highest BCUT2D eigenvalue weighted by molar-refractivity contribution is 5.78. The molecule has 0 rings (SSSR count). The molecule has 0 aromatic rings. The zero-order chi connectivity index (χ0) is 13.3. The molecule has 2 N–H and O–H groups in total. The quantitative estimate of drug-likeness (QED) is 0.639. The van der Waals surface area contributed by atoms with E-state index in [4.69, 9.17) is 5.11 Å². The first-order chi connectivity index (χ1) is 8.03. The minimum absolute atomic E-state index is 0.0840. The standard InChI is InChI=1S/C11H22F2N2O2/c1-3-9(4-2)14-11(17)8-15(5-6-16)7-10(12)13/h9-10,16H,3-8H2,1-2H3,(H,14,17). The molecule has 0 unspecified atom stereocenters. The van der Waals surface area contributed by atoms with E-state index < -0.39 is 13.0 Å². The molecule has 0 atom stereocenters. The van der Waals surface area contributed by atoms with Crippen LogP contribution in [0.5, 0.6) is 0 Å². The normalized spacial score (nSPS) is 11.5. The van der Waals surface area contributed by atoms with Crippen LogP contribution in [0.1, 0.15) is 26.7 Å². The molecule has 0 radical (unpaired) electrons. The average molecular weight is 252 g/mol. The lowest BCUT2D eigenvalue weighted by Gasteiger charge is -2.22. The first-order valence-electron chi connectivity index (χ1n) is 5.94. The molecule has 0 aliphatic heterocycles. The molecule has 6 heteroatoms. The monoisotopic (exact) mass is 252 g/mol. The van der Waals surface area contributed by atoms with E-state index >= 15 is 0 Å². The van der Waals surface area contributed by atoms with Crippen molar-refractivity contribution in [2.45, 2.75) is 39.2 Å². The van der Waals surface area contributed by atoms with Gasteiger partial charge in [0.05, 0.1) is 19.7 Å². The third-order valence-corrected chi connectivity index (χ3v) is 2.53. The molecule has 0 spiro atoms. The van der Waals surface area contributed by atoms with Crippen molar-refractivity contribution >= 4 is 5.91 Å². The van der Waals surface area contributed by atoms with E-state index in [2.05, 4.69) is 5.32 Å². The van der Waals surface area contributed by atoms with Gasteiger partial charge >= 0.3 is 0 Å². The fraction of sp³-hybridized carbons (Fsp3) is 0.909. The number of rotatable bonds is 9. The highest BCUT2D eigenvalue weighted by Crippen LogP contribution is 1.99. The van der Waals surface area contributed by atoms with Crippen molar-refractivity contribution in [2.75, 3.05) is 26.2 Å². The number of hydrogen-bond donors (Lipinski definition) is 2. The van der Waals surface area contributed by atoms with Gasteiger partial charge in [0.15, 0.2) is 0 Å². The summed E-state index contributed by atoms with van der Waals surface area (Å²) in [5, 5.41) is 11.5. The van der Waals surface area contributed by atoms with Crippen LogP contribution in [0.15, 0.2) is 0 Å². The molecule has 0 saturated carbocycles. The summed E-state index contributed by atoms with van der Waals surface area (Å²) >= 11 is 0. The predicted octanol–water partition coefficient (Wildman–Crippen LogP) is 0.851. The van der Waals surface area contributed by atoms with Gasteiger partial charge in [0, 0.05) is 12.6 Å². The van der Waals surface area contributed by atoms with E-state index in [0.29, 0.717) is 0 Å². The van der Waals surface area contributed by atoms with E-state index in [-0.39, 0.29) is 31.6 Å². The van der Waals surface area contributed by atoms with Crippen LogP contribution < -0.4 is 5.32 Å². The first-order valence-corrected chi connectivity index (χ1v) is 5.94. The highest BCUT2D eigenvalue weighted by Gasteiger charge is 2.16. The Hall–Kier alpha value is -0.750. The molecule has 0 aromatic heterocycles. The fourth-order valence-electron chi connectivity index (χ4n) is 1.54. The second kappa shape index (κ2) is 9.30.